The molecule has 0 bridgehead atoms. The average Bonchev–Trinajstić information content (AvgIpc) is 2.36. The third-order valence-corrected chi connectivity index (χ3v) is 3.61. The average molecular weight is 271 g/mol. The van der Waals surface area contributed by atoms with Crippen LogP contribution in [0.15, 0.2) is 18.3 Å². The van der Waals surface area contributed by atoms with Gasteiger partial charge in [0.05, 0.1) is 12.1 Å². The Kier molecular flexibility index (Phi) is 3.54. The second-order valence-electron chi connectivity index (χ2n) is 4.51. The molecule has 1 aliphatic heterocycles. The van der Waals surface area contributed by atoms with Crippen LogP contribution in [0.2, 0.25) is 0 Å². The summed E-state index contributed by atoms with van der Waals surface area (Å²) in [4.78, 5) is 7.06. The van der Waals surface area contributed by atoms with E-state index in [1.807, 2.05) is 31.0 Å². The number of aromatic nitrogens is 1. The Morgan fingerprint density at radius 3 is 3.12 bits per heavy atom. The lowest BCUT2D eigenvalue weighted by atomic mass is 10.0. The van der Waals surface area contributed by atoms with Gasteiger partial charge < -0.3 is 9.64 Å². The molecule has 0 saturated heterocycles. The Bertz CT molecular complexity index is 440. The molecule has 0 aromatic carbocycles. The predicted molar refractivity (Wildman–Crippen MR) is 72.9 cm³/mol. The molecule has 5 heteroatoms. The Hall–Kier alpha value is -0.870. The third kappa shape index (κ3) is 2.53. The maximum Gasteiger partial charge on any atom is 0.224 e. The first kappa shape index (κ1) is 12.6. The largest absolute Gasteiger partial charge is 0.469 e. The normalized spacial score (nSPS) is 23.9. The van der Waals surface area contributed by atoms with Crippen LogP contribution in [0.1, 0.15) is 18.9 Å². The van der Waals surface area contributed by atoms with E-state index in [0.29, 0.717) is 11.8 Å². The summed E-state index contributed by atoms with van der Waals surface area (Å²) in [7, 11) is 1.97. The Morgan fingerprint density at radius 2 is 2.41 bits per heavy atom. The van der Waals surface area contributed by atoms with Gasteiger partial charge in [-0.3, -0.25) is 0 Å². The monoisotopic (exact) mass is 270 g/mol. The second kappa shape index (κ2) is 4.78. The van der Waals surface area contributed by atoms with Gasteiger partial charge in [-0.1, -0.05) is 12.2 Å². The number of likely N-dealkylation sites (N-methyl/N-ethyl adjacent to an activating group) is 1. The van der Waals surface area contributed by atoms with Gasteiger partial charge in [0.15, 0.2) is 0 Å². The summed E-state index contributed by atoms with van der Waals surface area (Å²) in [6, 6.07) is 3.81. The number of hydrogen-bond donors (Lipinski definition) is 0. The molecule has 0 aliphatic carbocycles. The van der Waals surface area contributed by atoms with E-state index < -0.39 is 0 Å². The number of nitrogens with zero attached hydrogens (tertiary/aromatic N) is 2. The molecule has 0 amide bonds. The van der Waals surface area contributed by atoms with Crippen molar-refractivity contribution in [1.29, 1.82) is 0 Å². The molecule has 0 radical (unpaired) electrons. The van der Waals surface area contributed by atoms with Gasteiger partial charge >= 0.3 is 0 Å². The highest BCUT2D eigenvalue weighted by atomic mass is 35.5. The van der Waals surface area contributed by atoms with Crippen molar-refractivity contribution >= 4 is 28.8 Å². The SMILES string of the molecule is CN1CC(C)(CCCl)Oc2ncccc2C1=S. The van der Waals surface area contributed by atoms with E-state index in [9.17, 15) is 0 Å². The minimum Gasteiger partial charge on any atom is -0.469 e. The summed E-state index contributed by atoms with van der Waals surface area (Å²) in [5, 5.41) is 0. The van der Waals surface area contributed by atoms with E-state index in [1.54, 1.807) is 6.20 Å². The van der Waals surface area contributed by atoms with Crippen LogP contribution in [0, 0.1) is 0 Å². The first-order valence-electron chi connectivity index (χ1n) is 5.51. The van der Waals surface area contributed by atoms with E-state index in [-0.39, 0.29) is 5.60 Å². The van der Waals surface area contributed by atoms with E-state index in [0.717, 1.165) is 23.5 Å². The molecule has 1 atom stereocenters. The standard InChI is InChI=1S/C12H15ClN2OS/c1-12(5-6-13)8-15(2)11(17)9-4-3-7-14-10(9)16-12/h3-4,7H,5-6,8H2,1-2H3. The zero-order valence-corrected chi connectivity index (χ0v) is 11.5. The number of hydrogen-bond acceptors (Lipinski definition) is 3. The van der Waals surface area contributed by atoms with E-state index >= 15 is 0 Å². The van der Waals surface area contributed by atoms with Gasteiger partial charge in [0.25, 0.3) is 0 Å². The van der Waals surface area contributed by atoms with Crippen LogP contribution >= 0.6 is 23.8 Å². The van der Waals surface area contributed by atoms with E-state index in [1.165, 1.54) is 0 Å². The summed E-state index contributed by atoms with van der Waals surface area (Å²) in [6.45, 7) is 2.76. The first-order chi connectivity index (χ1) is 8.06. The summed E-state index contributed by atoms with van der Waals surface area (Å²) in [6.07, 6.45) is 2.48. The Morgan fingerprint density at radius 1 is 1.65 bits per heavy atom. The molecule has 3 nitrogen and oxygen atoms in total. The molecule has 0 spiro atoms. The van der Waals surface area contributed by atoms with Crippen LogP contribution in [0.4, 0.5) is 0 Å². The lowest BCUT2D eigenvalue weighted by Gasteiger charge is -2.31. The zero-order valence-electron chi connectivity index (χ0n) is 9.94. The number of thiocarbonyl (C=S) groups is 1. The highest BCUT2D eigenvalue weighted by Gasteiger charge is 2.34. The van der Waals surface area contributed by atoms with Gasteiger partial charge in [-0.05, 0) is 19.1 Å². The minimum absolute atomic E-state index is 0.347. The molecule has 1 aromatic rings. The van der Waals surface area contributed by atoms with Crippen molar-refractivity contribution in [2.75, 3.05) is 19.5 Å². The maximum absolute atomic E-state index is 6.00. The number of alkyl halides is 1. The van der Waals surface area contributed by atoms with Crippen LogP contribution < -0.4 is 4.74 Å². The molecule has 2 heterocycles. The quantitative estimate of drug-likeness (QED) is 0.609. The van der Waals surface area contributed by atoms with Crippen molar-refractivity contribution in [3.63, 3.8) is 0 Å². The fourth-order valence-electron chi connectivity index (χ4n) is 2.01. The van der Waals surface area contributed by atoms with Crippen LogP contribution in [0.5, 0.6) is 5.88 Å². The van der Waals surface area contributed by atoms with Crippen molar-refractivity contribution in [2.24, 2.45) is 0 Å². The number of pyridine rings is 1. The predicted octanol–water partition coefficient (Wildman–Crippen LogP) is 2.47. The second-order valence-corrected chi connectivity index (χ2v) is 5.27. The molecule has 1 aromatic heterocycles. The van der Waals surface area contributed by atoms with Gasteiger partial charge in [0, 0.05) is 25.5 Å². The Labute approximate surface area is 112 Å². The molecule has 0 saturated carbocycles. The van der Waals surface area contributed by atoms with Gasteiger partial charge in [-0.15, -0.1) is 11.6 Å². The van der Waals surface area contributed by atoms with E-state index in [2.05, 4.69) is 4.98 Å². The lowest BCUT2D eigenvalue weighted by molar-refractivity contribution is 0.0667. The number of fused-ring (bicyclic) bond motifs is 1. The molecule has 1 unspecified atom stereocenters. The van der Waals surface area contributed by atoms with Crippen molar-refractivity contribution in [1.82, 2.24) is 9.88 Å². The van der Waals surface area contributed by atoms with Crippen LogP contribution in [0.25, 0.3) is 0 Å². The smallest absolute Gasteiger partial charge is 0.224 e. The summed E-state index contributed by atoms with van der Waals surface area (Å²) >= 11 is 11.3. The topological polar surface area (TPSA) is 25.4 Å². The fourth-order valence-corrected chi connectivity index (χ4v) is 2.63. The van der Waals surface area contributed by atoms with Crippen molar-refractivity contribution in [2.45, 2.75) is 18.9 Å². The molecule has 1 aliphatic rings. The molecular formula is C12H15ClN2OS. The van der Waals surface area contributed by atoms with Crippen LogP contribution in [-0.4, -0.2) is 39.9 Å². The molecular weight excluding hydrogens is 256 g/mol. The molecule has 0 N–H and O–H groups in total. The highest BCUT2D eigenvalue weighted by molar-refractivity contribution is 7.80. The summed E-state index contributed by atoms with van der Waals surface area (Å²) < 4.78 is 6.00. The van der Waals surface area contributed by atoms with Crippen molar-refractivity contribution in [3.05, 3.63) is 23.9 Å². The van der Waals surface area contributed by atoms with Gasteiger partial charge in [0.2, 0.25) is 5.88 Å². The van der Waals surface area contributed by atoms with Crippen molar-refractivity contribution < 1.29 is 4.74 Å². The summed E-state index contributed by atoms with van der Waals surface area (Å²) in [5.74, 6) is 1.16. The van der Waals surface area contributed by atoms with Crippen LogP contribution in [-0.2, 0) is 0 Å². The van der Waals surface area contributed by atoms with Gasteiger partial charge in [0.1, 0.15) is 10.6 Å². The Balaban J connectivity index is 2.42. The van der Waals surface area contributed by atoms with E-state index in [4.69, 9.17) is 28.6 Å². The first-order valence-corrected chi connectivity index (χ1v) is 6.45. The third-order valence-electron chi connectivity index (χ3n) is 2.89. The van der Waals surface area contributed by atoms with Crippen molar-refractivity contribution in [3.8, 4) is 5.88 Å². The fraction of sp³-hybridized carbons (Fsp3) is 0.500. The number of rotatable bonds is 2. The molecule has 0 fully saturated rings. The molecule has 92 valence electrons. The highest BCUT2D eigenvalue weighted by Crippen LogP contribution is 2.29. The van der Waals surface area contributed by atoms with Crippen LogP contribution in [0.3, 0.4) is 0 Å². The molecule has 2 rings (SSSR count). The maximum atomic E-state index is 6.00. The minimum atomic E-state index is -0.347. The molecule has 17 heavy (non-hydrogen) atoms. The van der Waals surface area contributed by atoms with Gasteiger partial charge in [-0.25, -0.2) is 4.98 Å². The zero-order chi connectivity index (χ0) is 12.5. The summed E-state index contributed by atoms with van der Waals surface area (Å²) in [5.41, 5.74) is 0.531. The number of ether oxygens (including phenoxy) is 1. The lowest BCUT2D eigenvalue weighted by Crippen LogP contribution is -2.43. The van der Waals surface area contributed by atoms with Gasteiger partial charge in [-0.2, -0.15) is 0 Å². The number of halogens is 1.